The number of hydrogen-bond donors (Lipinski definition) is 2. The Balaban J connectivity index is 1.57. The van der Waals surface area contributed by atoms with Gasteiger partial charge in [0.15, 0.2) is 11.7 Å². The van der Waals surface area contributed by atoms with Gasteiger partial charge in [0.2, 0.25) is 0 Å². The molecule has 1 saturated carbocycles. The zero-order valence-corrected chi connectivity index (χ0v) is 16.5. The van der Waals surface area contributed by atoms with Crippen molar-refractivity contribution in [3.63, 3.8) is 0 Å². The van der Waals surface area contributed by atoms with Crippen molar-refractivity contribution in [2.75, 3.05) is 13.1 Å². The van der Waals surface area contributed by atoms with Crippen molar-refractivity contribution in [1.82, 2.24) is 15.6 Å². The molecule has 0 amide bonds. The lowest BCUT2D eigenvalue weighted by atomic mass is 10.4. The van der Waals surface area contributed by atoms with Crippen molar-refractivity contribution >= 4 is 29.1 Å². The van der Waals surface area contributed by atoms with E-state index in [0.29, 0.717) is 17.5 Å². The molecule has 1 aromatic carbocycles. The minimum Gasteiger partial charge on any atom is -0.357 e. The molecule has 146 valence electrons. The van der Waals surface area contributed by atoms with E-state index in [1.807, 2.05) is 36.9 Å². The van der Waals surface area contributed by atoms with Crippen molar-refractivity contribution in [3.8, 4) is 0 Å². The predicted molar refractivity (Wildman–Crippen MR) is 104 cm³/mol. The van der Waals surface area contributed by atoms with Gasteiger partial charge in [-0.1, -0.05) is 18.2 Å². The van der Waals surface area contributed by atoms with Gasteiger partial charge in [0.25, 0.3) is 0 Å². The van der Waals surface area contributed by atoms with E-state index in [-0.39, 0.29) is 11.3 Å². The van der Waals surface area contributed by atoms with Crippen LogP contribution in [0.1, 0.15) is 30.5 Å². The fraction of sp³-hybridized carbons (Fsp3) is 0.444. The molecule has 1 aliphatic carbocycles. The molecule has 4 nitrogen and oxygen atoms in total. The summed E-state index contributed by atoms with van der Waals surface area (Å²) in [6, 6.07) is 10.3. The molecule has 0 unspecified atom stereocenters. The standard InChI is InChI=1S/C18H21F3N4S2/c1-2-22-16(23-10-15-25-14(11-26-15)18(19,20)21)24-12-17(8-9-17)27-13-6-4-3-5-7-13/h3-7,11H,2,8-10,12H2,1H3,(H2,22,23,24). The molecule has 1 fully saturated rings. The zero-order valence-electron chi connectivity index (χ0n) is 14.8. The Hall–Kier alpha value is -1.74. The minimum atomic E-state index is -4.41. The Labute approximate surface area is 164 Å². The monoisotopic (exact) mass is 414 g/mol. The Morgan fingerprint density at radius 3 is 2.59 bits per heavy atom. The van der Waals surface area contributed by atoms with Crippen LogP contribution in [0.3, 0.4) is 0 Å². The number of rotatable bonds is 7. The van der Waals surface area contributed by atoms with Gasteiger partial charge in [0, 0.05) is 28.1 Å². The highest BCUT2D eigenvalue weighted by Gasteiger charge is 2.43. The van der Waals surface area contributed by atoms with Crippen LogP contribution >= 0.6 is 23.1 Å². The number of thioether (sulfide) groups is 1. The number of aromatic nitrogens is 1. The first-order chi connectivity index (χ1) is 12.9. The lowest BCUT2D eigenvalue weighted by Gasteiger charge is -2.18. The minimum absolute atomic E-state index is 0.120. The highest BCUT2D eigenvalue weighted by atomic mass is 32.2. The van der Waals surface area contributed by atoms with E-state index in [0.717, 1.165) is 36.1 Å². The van der Waals surface area contributed by atoms with Crippen molar-refractivity contribution in [2.24, 2.45) is 4.99 Å². The van der Waals surface area contributed by atoms with Crippen LogP contribution in [0, 0.1) is 0 Å². The second-order valence-corrected chi connectivity index (χ2v) is 8.76. The molecule has 1 aromatic heterocycles. The molecule has 0 saturated heterocycles. The molecule has 9 heteroatoms. The number of aliphatic imine (C=N–C) groups is 1. The van der Waals surface area contributed by atoms with Crippen molar-refractivity contribution in [2.45, 2.75) is 42.1 Å². The van der Waals surface area contributed by atoms with Gasteiger partial charge in [-0.15, -0.1) is 23.1 Å². The largest absolute Gasteiger partial charge is 0.434 e. The topological polar surface area (TPSA) is 49.3 Å². The van der Waals surface area contributed by atoms with Crippen LogP contribution in [0.25, 0.3) is 0 Å². The van der Waals surface area contributed by atoms with Gasteiger partial charge in [-0.05, 0) is 31.9 Å². The molecular weight excluding hydrogens is 393 g/mol. The number of benzene rings is 1. The summed E-state index contributed by atoms with van der Waals surface area (Å²) in [5, 5.41) is 7.84. The van der Waals surface area contributed by atoms with Crippen LogP contribution in [-0.4, -0.2) is 28.8 Å². The third-order valence-corrected chi connectivity index (χ3v) is 6.35. The molecule has 0 radical (unpaired) electrons. The smallest absolute Gasteiger partial charge is 0.357 e. The molecule has 1 aliphatic rings. The Bertz CT molecular complexity index is 770. The van der Waals surface area contributed by atoms with Crippen LogP contribution in [0.5, 0.6) is 0 Å². The molecule has 3 rings (SSSR count). The first-order valence-corrected chi connectivity index (χ1v) is 10.4. The Kier molecular flexibility index (Phi) is 6.31. The highest BCUT2D eigenvalue weighted by Crippen LogP contribution is 2.51. The summed E-state index contributed by atoms with van der Waals surface area (Å²) in [6.07, 6.45) is -2.16. The summed E-state index contributed by atoms with van der Waals surface area (Å²) >= 11 is 2.83. The number of alkyl halides is 3. The molecule has 2 N–H and O–H groups in total. The lowest BCUT2D eigenvalue weighted by molar-refractivity contribution is -0.140. The quantitative estimate of drug-likeness (QED) is 0.516. The molecule has 0 atom stereocenters. The number of halogens is 3. The molecule has 1 heterocycles. The maximum Gasteiger partial charge on any atom is 0.434 e. The normalized spacial score (nSPS) is 16.2. The SMILES string of the molecule is CCNC(=NCc1nc(C(F)(F)F)cs1)NCC1(Sc2ccccc2)CC1. The zero-order chi connectivity index (χ0) is 19.3. The van der Waals surface area contributed by atoms with E-state index < -0.39 is 11.9 Å². The number of guanidine groups is 1. The lowest BCUT2D eigenvalue weighted by Crippen LogP contribution is -2.41. The fourth-order valence-electron chi connectivity index (χ4n) is 2.44. The fourth-order valence-corrected chi connectivity index (χ4v) is 4.41. The predicted octanol–water partition coefficient (Wildman–Crippen LogP) is 4.54. The first kappa shape index (κ1) is 20.0. The maximum atomic E-state index is 12.6. The van der Waals surface area contributed by atoms with Gasteiger partial charge in [0.1, 0.15) is 5.01 Å². The Morgan fingerprint density at radius 1 is 1.26 bits per heavy atom. The highest BCUT2D eigenvalue weighted by molar-refractivity contribution is 8.01. The summed E-state index contributed by atoms with van der Waals surface area (Å²) in [7, 11) is 0. The second kappa shape index (κ2) is 8.52. The summed E-state index contributed by atoms with van der Waals surface area (Å²) in [5.74, 6) is 0.598. The Morgan fingerprint density at radius 2 is 2.00 bits per heavy atom. The molecular formula is C18H21F3N4S2. The number of nitrogens with one attached hydrogen (secondary N) is 2. The third kappa shape index (κ3) is 5.87. The summed E-state index contributed by atoms with van der Waals surface area (Å²) < 4.78 is 38.1. The van der Waals surface area contributed by atoms with E-state index >= 15 is 0 Å². The van der Waals surface area contributed by atoms with E-state index in [2.05, 4.69) is 32.7 Å². The number of nitrogens with zero attached hydrogens (tertiary/aromatic N) is 2. The van der Waals surface area contributed by atoms with Gasteiger partial charge in [-0.2, -0.15) is 13.2 Å². The number of hydrogen-bond acceptors (Lipinski definition) is 4. The van der Waals surface area contributed by atoms with Crippen molar-refractivity contribution < 1.29 is 13.2 Å². The van der Waals surface area contributed by atoms with Crippen molar-refractivity contribution in [1.29, 1.82) is 0 Å². The van der Waals surface area contributed by atoms with Crippen LogP contribution in [-0.2, 0) is 12.7 Å². The van der Waals surface area contributed by atoms with Gasteiger partial charge >= 0.3 is 6.18 Å². The van der Waals surface area contributed by atoms with Gasteiger partial charge in [-0.3, -0.25) is 0 Å². The molecule has 27 heavy (non-hydrogen) atoms. The molecule has 0 aliphatic heterocycles. The summed E-state index contributed by atoms with van der Waals surface area (Å²) in [6.45, 7) is 3.50. The van der Waals surface area contributed by atoms with Crippen LogP contribution < -0.4 is 10.6 Å². The summed E-state index contributed by atoms with van der Waals surface area (Å²) in [4.78, 5) is 9.24. The first-order valence-electron chi connectivity index (χ1n) is 8.68. The van der Waals surface area contributed by atoms with E-state index in [4.69, 9.17) is 0 Å². The van der Waals surface area contributed by atoms with Crippen LogP contribution in [0.15, 0.2) is 45.6 Å². The second-order valence-electron chi connectivity index (χ2n) is 6.27. The third-order valence-electron chi connectivity index (χ3n) is 4.02. The average molecular weight is 415 g/mol. The van der Waals surface area contributed by atoms with Crippen LogP contribution in [0.2, 0.25) is 0 Å². The van der Waals surface area contributed by atoms with E-state index in [1.165, 1.54) is 4.90 Å². The van der Waals surface area contributed by atoms with E-state index in [9.17, 15) is 13.2 Å². The molecule has 0 bridgehead atoms. The van der Waals surface area contributed by atoms with Crippen LogP contribution in [0.4, 0.5) is 13.2 Å². The molecule has 0 spiro atoms. The maximum absolute atomic E-state index is 12.6. The summed E-state index contributed by atoms with van der Waals surface area (Å²) in [5.41, 5.74) is -0.855. The van der Waals surface area contributed by atoms with Gasteiger partial charge < -0.3 is 10.6 Å². The van der Waals surface area contributed by atoms with Gasteiger partial charge in [0.05, 0.1) is 6.54 Å². The van der Waals surface area contributed by atoms with E-state index in [1.54, 1.807) is 0 Å². The number of thiazole rings is 1. The van der Waals surface area contributed by atoms with Crippen molar-refractivity contribution in [3.05, 3.63) is 46.4 Å². The molecule has 2 aromatic rings. The van der Waals surface area contributed by atoms with Gasteiger partial charge in [-0.25, -0.2) is 9.98 Å². The average Bonchev–Trinajstić information content (AvgIpc) is 3.21.